The van der Waals surface area contributed by atoms with E-state index in [-0.39, 0.29) is 16.0 Å². The van der Waals surface area contributed by atoms with E-state index in [4.69, 9.17) is 9.47 Å². The maximum Gasteiger partial charge on any atom is 0.292 e. The van der Waals surface area contributed by atoms with Crippen molar-refractivity contribution in [2.24, 2.45) is 5.41 Å². The van der Waals surface area contributed by atoms with Crippen molar-refractivity contribution >= 4 is 11.4 Å². The van der Waals surface area contributed by atoms with Crippen LogP contribution in [0.2, 0.25) is 0 Å². The van der Waals surface area contributed by atoms with Crippen LogP contribution in [0.5, 0.6) is 5.75 Å². The van der Waals surface area contributed by atoms with Crippen LogP contribution in [0, 0.1) is 15.5 Å². The Balaban J connectivity index is 2.16. The summed E-state index contributed by atoms with van der Waals surface area (Å²) in [5.74, 6) is 0.596. The van der Waals surface area contributed by atoms with Crippen LogP contribution < -0.4 is 15.4 Å². The summed E-state index contributed by atoms with van der Waals surface area (Å²) in [7, 11) is 3.24. The molecule has 1 aliphatic heterocycles. The number of rotatable bonds is 7. The van der Waals surface area contributed by atoms with Gasteiger partial charge in [0.15, 0.2) is 0 Å². The van der Waals surface area contributed by atoms with Crippen LogP contribution in [0.25, 0.3) is 0 Å². The Hall–Kier alpha value is -1.86. The second-order valence-electron chi connectivity index (χ2n) is 5.68. The standard InChI is InChI=1S/C15H23N3O4/c1-21-11-15(5-7-16-8-6-15)10-17-13-9-12(22-2)3-4-14(13)18(19)20/h3-4,9,16-17H,5-8,10-11H2,1-2H3. The number of anilines is 1. The number of nitrogens with one attached hydrogen (secondary N) is 2. The van der Waals surface area contributed by atoms with E-state index in [0.717, 1.165) is 25.9 Å². The molecular formula is C15H23N3O4. The number of hydrogen-bond acceptors (Lipinski definition) is 6. The first kappa shape index (κ1) is 16.5. The minimum absolute atomic E-state index is 0.00303. The summed E-state index contributed by atoms with van der Waals surface area (Å²) >= 11 is 0. The molecule has 22 heavy (non-hydrogen) atoms. The van der Waals surface area contributed by atoms with E-state index >= 15 is 0 Å². The van der Waals surface area contributed by atoms with E-state index in [1.165, 1.54) is 6.07 Å². The van der Waals surface area contributed by atoms with Gasteiger partial charge in [0.1, 0.15) is 11.4 Å². The van der Waals surface area contributed by atoms with Gasteiger partial charge in [-0.3, -0.25) is 10.1 Å². The summed E-state index contributed by atoms with van der Waals surface area (Å²) < 4.78 is 10.5. The maximum atomic E-state index is 11.2. The molecule has 0 radical (unpaired) electrons. The second-order valence-corrected chi connectivity index (χ2v) is 5.68. The fourth-order valence-corrected chi connectivity index (χ4v) is 2.86. The Morgan fingerprint density at radius 2 is 2.09 bits per heavy atom. The summed E-state index contributed by atoms with van der Waals surface area (Å²) in [5, 5.41) is 17.7. The molecule has 7 heteroatoms. The van der Waals surface area contributed by atoms with Gasteiger partial charge in [-0.1, -0.05) is 0 Å². The van der Waals surface area contributed by atoms with Gasteiger partial charge >= 0.3 is 0 Å². The quantitative estimate of drug-likeness (QED) is 0.592. The molecule has 1 fully saturated rings. The SMILES string of the molecule is COCC1(CNc2cc(OC)ccc2[N+](=O)[O-])CCNCC1. The van der Waals surface area contributed by atoms with Crippen molar-refractivity contribution in [1.29, 1.82) is 0 Å². The van der Waals surface area contributed by atoms with Crippen molar-refractivity contribution in [3.05, 3.63) is 28.3 Å². The monoisotopic (exact) mass is 309 g/mol. The average molecular weight is 309 g/mol. The zero-order chi connectivity index (χ0) is 16.0. The number of nitro benzene ring substituents is 1. The van der Waals surface area contributed by atoms with Gasteiger partial charge in [-0.2, -0.15) is 0 Å². The molecule has 1 aliphatic rings. The van der Waals surface area contributed by atoms with Crippen LogP contribution in [0.3, 0.4) is 0 Å². The molecule has 1 heterocycles. The van der Waals surface area contributed by atoms with E-state index in [1.807, 2.05) is 0 Å². The normalized spacial score (nSPS) is 17.0. The lowest BCUT2D eigenvalue weighted by Crippen LogP contribution is -2.44. The molecule has 122 valence electrons. The minimum Gasteiger partial charge on any atom is -0.497 e. The number of methoxy groups -OCH3 is 2. The molecule has 1 aromatic carbocycles. The van der Waals surface area contributed by atoms with Crippen LogP contribution >= 0.6 is 0 Å². The summed E-state index contributed by atoms with van der Waals surface area (Å²) in [6.45, 7) is 3.15. The number of hydrogen-bond donors (Lipinski definition) is 2. The van der Waals surface area contributed by atoms with Gasteiger partial charge in [0.05, 0.1) is 18.6 Å². The fraction of sp³-hybridized carbons (Fsp3) is 0.600. The Kier molecular flexibility index (Phi) is 5.57. The highest BCUT2D eigenvalue weighted by molar-refractivity contribution is 5.64. The molecule has 0 amide bonds. The molecule has 1 saturated heterocycles. The Morgan fingerprint density at radius 3 is 2.68 bits per heavy atom. The first-order valence-electron chi connectivity index (χ1n) is 7.36. The van der Waals surface area contributed by atoms with Gasteiger partial charge in [0, 0.05) is 31.2 Å². The molecule has 0 bridgehead atoms. The average Bonchev–Trinajstić information content (AvgIpc) is 2.53. The summed E-state index contributed by atoms with van der Waals surface area (Å²) in [4.78, 5) is 10.8. The van der Waals surface area contributed by atoms with Crippen LogP contribution in [0.1, 0.15) is 12.8 Å². The van der Waals surface area contributed by atoms with Crippen molar-refractivity contribution in [2.75, 3.05) is 45.8 Å². The molecular weight excluding hydrogens is 286 g/mol. The maximum absolute atomic E-state index is 11.2. The minimum atomic E-state index is -0.382. The van der Waals surface area contributed by atoms with Crippen LogP contribution in [-0.4, -0.2) is 45.4 Å². The number of benzene rings is 1. The molecule has 0 spiro atoms. The van der Waals surface area contributed by atoms with E-state index in [1.54, 1.807) is 26.4 Å². The van der Waals surface area contributed by atoms with Gasteiger partial charge in [-0.25, -0.2) is 0 Å². The summed E-state index contributed by atoms with van der Waals surface area (Å²) in [5.41, 5.74) is 0.539. The Labute approximate surface area is 130 Å². The van der Waals surface area contributed by atoms with Crippen LogP contribution in [0.4, 0.5) is 11.4 Å². The van der Waals surface area contributed by atoms with Crippen molar-refractivity contribution in [3.8, 4) is 5.75 Å². The third-order valence-electron chi connectivity index (χ3n) is 4.17. The largest absolute Gasteiger partial charge is 0.497 e. The molecule has 1 aromatic rings. The Morgan fingerprint density at radius 1 is 1.36 bits per heavy atom. The zero-order valence-electron chi connectivity index (χ0n) is 13.1. The highest BCUT2D eigenvalue weighted by Crippen LogP contribution is 2.33. The highest BCUT2D eigenvalue weighted by atomic mass is 16.6. The first-order chi connectivity index (χ1) is 10.6. The molecule has 0 atom stereocenters. The van der Waals surface area contributed by atoms with E-state index in [9.17, 15) is 10.1 Å². The molecule has 2 rings (SSSR count). The summed E-state index contributed by atoms with van der Waals surface area (Å²) in [6.07, 6.45) is 1.96. The van der Waals surface area contributed by atoms with Crippen LogP contribution in [0.15, 0.2) is 18.2 Å². The van der Waals surface area contributed by atoms with Gasteiger partial charge in [-0.15, -0.1) is 0 Å². The van der Waals surface area contributed by atoms with Crippen molar-refractivity contribution in [1.82, 2.24) is 5.32 Å². The predicted molar refractivity (Wildman–Crippen MR) is 84.6 cm³/mol. The van der Waals surface area contributed by atoms with Gasteiger partial charge in [0.25, 0.3) is 5.69 Å². The van der Waals surface area contributed by atoms with Crippen molar-refractivity contribution < 1.29 is 14.4 Å². The molecule has 0 unspecified atom stereocenters. The number of nitro groups is 1. The van der Waals surface area contributed by atoms with Crippen LogP contribution in [-0.2, 0) is 4.74 Å². The lowest BCUT2D eigenvalue weighted by Gasteiger charge is -2.37. The highest BCUT2D eigenvalue weighted by Gasteiger charge is 2.32. The third kappa shape index (κ3) is 3.86. The first-order valence-corrected chi connectivity index (χ1v) is 7.36. The summed E-state index contributed by atoms with van der Waals surface area (Å²) in [6, 6.07) is 4.73. The fourth-order valence-electron chi connectivity index (χ4n) is 2.86. The lowest BCUT2D eigenvalue weighted by molar-refractivity contribution is -0.384. The van der Waals surface area contributed by atoms with E-state index < -0.39 is 0 Å². The smallest absolute Gasteiger partial charge is 0.292 e. The Bertz CT molecular complexity index is 510. The number of ether oxygens (including phenoxy) is 2. The molecule has 0 saturated carbocycles. The third-order valence-corrected chi connectivity index (χ3v) is 4.17. The second kappa shape index (κ2) is 7.42. The van der Waals surface area contributed by atoms with Crippen molar-refractivity contribution in [3.63, 3.8) is 0 Å². The molecule has 0 aromatic heterocycles. The molecule has 2 N–H and O–H groups in total. The lowest BCUT2D eigenvalue weighted by atomic mass is 9.79. The van der Waals surface area contributed by atoms with E-state index in [0.29, 0.717) is 24.6 Å². The number of piperidine rings is 1. The van der Waals surface area contributed by atoms with Gasteiger partial charge < -0.3 is 20.1 Å². The molecule has 7 nitrogen and oxygen atoms in total. The molecule has 0 aliphatic carbocycles. The number of nitrogens with zero attached hydrogens (tertiary/aromatic N) is 1. The van der Waals surface area contributed by atoms with Gasteiger partial charge in [-0.05, 0) is 32.0 Å². The van der Waals surface area contributed by atoms with Gasteiger partial charge in [0.2, 0.25) is 0 Å². The van der Waals surface area contributed by atoms with Crippen molar-refractivity contribution in [2.45, 2.75) is 12.8 Å². The topological polar surface area (TPSA) is 85.7 Å². The predicted octanol–water partition coefficient (Wildman–Crippen LogP) is 2.03. The van der Waals surface area contributed by atoms with E-state index in [2.05, 4.69) is 10.6 Å². The zero-order valence-corrected chi connectivity index (χ0v) is 13.1.